The van der Waals surface area contributed by atoms with Crippen molar-refractivity contribution in [3.63, 3.8) is 0 Å². The second-order valence-electron chi connectivity index (χ2n) is 6.73. The minimum Gasteiger partial charge on any atom is -0.338 e. The Hall–Kier alpha value is -2.17. The molecule has 1 saturated carbocycles. The Bertz CT molecular complexity index is 665. The van der Waals surface area contributed by atoms with Gasteiger partial charge in [0.05, 0.1) is 5.69 Å². The third-order valence-corrected chi connectivity index (χ3v) is 5.38. The molecule has 1 aromatic heterocycles. The topological polar surface area (TPSA) is 51.0 Å². The highest BCUT2D eigenvalue weighted by Crippen LogP contribution is 2.36. The Morgan fingerprint density at radius 2 is 1.83 bits per heavy atom. The molecule has 120 valence electrons. The normalized spacial score (nSPS) is 24.3. The molecule has 1 saturated heterocycles. The molecule has 0 spiro atoms. The van der Waals surface area contributed by atoms with Gasteiger partial charge in [0.15, 0.2) is 0 Å². The quantitative estimate of drug-likeness (QED) is 0.857. The first-order valence-electron chi connectivity index (χ1n) is 8.55. The van der Waals surface area contributed by atoms with Crippen LogP contribution in [0.1, 0.15) is 42.5 Å². The number of carbonyl (C=O) groups is 1. The van der Waals surface area contributed by atoms with E-state index in [1.165, 1.54) is 38.4 Å². The van der Waals surface area contributed by atoms with Gasteiger partial charge in [0.1, 0.15) is 12.7 Å². The Kier molecular flexibility index (Phi) is 3.85. The van der Waals surface area contributed by atoms with Gasteiger partial charge in [-0.1, -0.05) is 19.3 Å². The van der Waals surface area contributed by atoms with Crippen LogP contribution in [-0.2, 0) is 0 Å². The zero-order valence-corrected chi connectivity index (χ0v) is 13.3. The molecule has 2 aliphatic rings. The first-order chi connectivity index (χ1) is 11.3. The third kappa shape index (κ3) is 2.87. The molecule has 1 aromatic carbocycles. The smallest absolute Gasteiger partial charge is 0.253 e. The second kappa shape index (κ2) is 6.14. The van der Waals surface area contributed by atoms with E-state index in [1.54, 1.807) is 11.0 Å². The number of piperidine rings is 1. The van der Waals surface area contributed by atoms with Crippen LogP contribution in [0.3, 0.4) is 0 Å². The number of likely N-dealkylation sites (tertiary alicyclic amines) is 1. The van der Waals surface area contributed by atoms with Crippen LogP contribution in [0.2, 0.25) is 0 Å². The van der Waals surface area contributed by atoms with Gasteiger partial charge in [0, 0.05) is 18.7 Å². The molecule has 2 fully saturated rings. The maximum absolute atomic E-state index is 12.8. The predicted molar refractivity (Wildman–Crippen MR) is 87.3 cm³/mol. The van der Waals surface area contributed by atoms with Crippen molar-refractivity contribution < 1.29 is 4.79 Å². The average molecular weight is 310 g/mol. The van der Waals surface area contributed by atoms with Gasteiger partial charge in [-0.25, -0.2) is 9.67 Å². The minimum absolute atomic E-state index is 0.166. The molecule has 2 aromatic rings. The second-order valence-corrected chi connectivity index (χ2v) is 6.73. The molecule has 23 heavy (non-hydrogen) atoms. The van der Waals surface area contributed by atoms with Crippen LogP contribution in [0.4, 0.5) is 0 Å². The molecule has 0 N–H and O–H groups in total. The summed E-state index contributed by atoms with van der Waals surface area (Å²) in [4.78, 5) is 18.8. The molecule has 4 rings (SSSR count). The first-order valence-corrected chi connectivity index (χ1v) is 8.55. The fourth-order valence-corrected chi connectivity index (χ4v) is 4.07. The van der Waals surface area contributed by atoms with E-state index in [0.29, 0.717) is 0 Å². The summed E-state index contributed by atoms with van der Waals surface area (Å²) in [6, 6.07) is 7.64. The molecular formula is C18H22N4O. The van der Waals surface area contributed by atoms with Crippen LogP contribution in [0.25, 0.3) is 5.69 Å². The van der Waals surface area contributed by atoms with Crippen LogP contribution >= 0.6 is 0 Å². The van der Waals surface area contributed by atoms with Crippen molar-refractivity contribution in [2.75, 3.05) is 13.1 Å². The van der Waals surface area contributed by atoms with E-state index in [9.17, 15) is 4.79 Å². The van der Waals surface area contributed by atoms with E-state index >= 15 is 0 Å². The summed E-state index contributed by atoms with van der Waals surface area (Å²) in [5.74, 6) is 1.73. The van der Waals surface area contributed by atoms with Gasteiger partial charge in [0.25, 0.3) is 5.91 Å². The van der Waals surface area contributed by atoms with E-state index in [4.69, 9.17) is 0 Å². The maximum atomic E-state index is 12.8. The summed E-state index contributed by atoms with van der Waals surface area (Å²) < 4.78 is 1.70. The molecule has 2 heterocycles. The summed E-state index contributed by atoms with van der Waals surface area (Å²) in [6.07, 6.45) is 9.69. The standard InChI is InChI=1S/C18H22N4O/c23-18(21-10-9-14-3-1-2-4-16(14)11-21)15-5-7-17(8-6-15)22-13-19-12-20-22/h5-8,12-14,16H,1-4,9-11H2/t14-,16+/m1/s1. The monoisotopic (exact) mass is 310 g/mol. The Balaban J connectivity index is 1.46. The number of hydrogen-bond donors (Lipinski definition) is 0. The van der Waals surface area contributed by atoms with Crippen LogP contribution < -0.4 is 0 Å². The summed E-state index contributed by atoms with van der Waals surface area (Å²) in [7, 11) is 0. The number of benzene rings is 1. The fourth-order valence-electron chi connectivity index (χ4n) is 4.07. The number of fused-ring (bicyclic) bond motifs is 1. The number of hydrogen-bond acceptors (Lipinski definition) is 3. The van der Waals surface area contributed by atoms with Crippen molar-refractivity contribution in [1.82, 2.24) is 19.7 Å². The summed E-state index contributed by atoms with van der Waals surface area (Å²) in [6.45, 7) is 1.85. The molecular weight excluding hydrogens is 288 g/mol. The molecule has 1 amide bonds. The van der Waals surface area contributed by atoms with Gasteiger partial charge in [0.2, 0.25) is 0 Å². The highest BCUT2D eigenvalue weighted by molar-refractivity contribution is 5.94. The summed E-state index contributed by atoms with van der Waals surface area (Å²) in [5.41, 5.74) is 1.69. The van der Waals surface area contributed by atoms with Crippen molar-refractivity contribution in [3.8, 4) is 5.69 Å². The molecule has 2 atom stereocenters. The maximum Gasteiger partial charge on any atom is 0.253 e. The van der Waals surface area contributed by atoms with Gasteiger partial charge in [-0.15, -0.1) is 0 Å². The van der Waals surface area contributed by atoms with Gasteiger partial charge < -0.3 is 4.90 Å². The van der Waals surface area contributed by atoms with Crippen molar-refractivity contribution in [1.29, 1.82) is 0 Å². The third-order valence-electron chi connectivity index (χ3n) is 5.38. The Labute approximate surface area is 136 Å². The van der Waals surface area contributed by atoms with E-state index in [0.717, 1.165) is 36.2 Å². The van der Waals surface area contributed by atoms with Crippen molar-refractivity contribution in [3.05, 3.63) is 42.5 Å². The largest absolute Gasteiger partial charge is 0.338 e. The molecule has 0 unspecified atom stereocenters. The zero-order valence-electron chi connectivity index (χ0n) is 13.3. The predicted octanol–water partition coefficient (Wildman–Crippen LogP) is 2.92. The lowest BCUT2D eigenvalue weighted by atomic mass is 9.75. The van der Waals surface area contributed by atoms with E-state index in [1.807, 2.05) is 24.3 Å². The summed E-state index contributed by atoms with van der Waals surface area (Å²) in [5, 5.41) is 4.11. The molecule has 5 heteroatoms. The van der Waals surface area contributed by atoms with E-state index in [2.05, 4.69) is 15.0 Å². The highest BCUT2D eigenvalue weighted by atomic mass is 16.2. The number of carbonyl (C=O) groups excluding carboxylic acids is 1. The lowest BCUT2D eigenvalue weighted by Gasteiger charge is -2.41. The molecule has 1 aliphatic carbocycles. The molecule has 0 bridgehead atoms. The van der Waals surface area contributed by atoms with Gasteiger partial charge >= 0.3 is 0 Å². The number of rotatable bonds is 2. The van der Waals surface area contributed by atoms with Crippen LogP contribution in [-0.4, -0.2) is 38.7 Å². The van der Waals surface area contributed by atoms with Gasteiger partial charge in [-0.05, 0) is 48.9 Å². The zero-order chi connectivity index (χ0) is 15.6. The lowest BCUT2D eigenvalue weighted by Crippen LogP contribution is -2.44. The van der Waals surface area contributed by atoms with Crippen molar-refractivity contribution in [2.24, 2.45) is 11.8 Å². The average Bonchev–Trinajstić information content (AvgIpc) is 3.15. The lowest BCUT2D eigenvalue weighted by molar-refractivity contribution is 0.0521. The van der Waals surface area contributed by atoms with E-state index in [-0.39, 0.29) is 5.91 Å². The van der Waals surface area contributed by atoms with Gasteiger partial charge in [-0.3, -0.25) is 4.79 Å². The number of amides is 1. The van der Waals surface area contributed by atoms with Crippen LogP contribution in [0, 0.1) is 11.8 Å². The SMILES string of the molecule is O=C(c1ccc(-n2cncn2)cc1)N1CC[C@H]2CCCC[C@H]2C1. The van der Waals surface area contributed by atoms with E-state index < -0.39 is 0 Å². The van der Waals surface area contributed by atoms with Crippen molar-refractivity contribution >= 4 is 5.91 Å². The fraction of sp³-hybridized carbons (Fsp3) is 0.500. The number of nitrogens with zero attached hydrogens (tertiary/aromatic N) is 4. The first kappa shape index (κ1) is 14.4. The van der Waals surface area contributed by atoms with Gasteiger partial charge in [-0.2, -0.15) is 5.10 Å². The Morgan fingerprint density at radius 1 is 1.04 bits per heavy atom. The van der Waals surface area contributed by atoms with Crippen LogP contribution in [0.15, 0.2) is 36.9 Å². The Morgan fingerprint density at radius 3 is 2.57 bits per heavy atom. The molecule has 1 aliphatic heterocycles. The van der Waals surface area contributed by atoms with Crippen molar-refractivity contribution in [2.45, 2.75) is 32.1 Å². The molecule has 5 nitrogen and oxygen atoms in total. The minimum atomic E-state index is 0.166. The molecule has 0 radical (unpaired) electrons. The van der Waals surface area contributed by atoms with Crippen LogP contribution in [0.5, 0.6) is 0 Å². The number of aromatic nitrogens is 3. The highest BCUT2D eigenvalue weighted by Gasteiger charge is 2.33. The summed E-state index contributed by atoms with van der Waals surface area (Å²) >= 11 is 0.